The standard InChI is InChI=1S/C26H29N9O4S/c1-17-22(11-19(38-5)12-23(17)39-6)34(16-25-27-9-10-35(25)40(36,37)32(2)3)24-8-7-20-26(31-24)30-21(14-28-20)18-13-29-33(4)15-18/h7-15H,16H2,1-6H3. The van der Waals surface area contributed by atoms with E-state index in [1.807, 2.05) is 37.2 Å². The Balaban J connectivity index is 1.69. The van der Waals surface area contributed by atoms with Gasteiger partial charge in [0.15, 0.2) is 5.65 Å². The van der Waals surface area contributed by atoms with Gasteiger partial charge in [-0.1, -0.05) is 0 Å². The molecule has 0 aliphatic heterocycles. The van der Waals surface area contributed by atoms with Gasteiger partial charge >= 0.3 is 10.2 Å². The third-order valence-electron chi connectivity index (χ3n) is 6.41. The molecule has 0 unspecified atom stereocenters. The Kier molecular flexibility index (Phi) is 7.12. The Hall–Kier alpha value is -4.56. The summed E-state index contributed by atoms with van der Waals surface area (Å²) in [7, 11) is 4.10. The number of benzene rings is 1. The molecular formula is C26H29N9O4S. The van der Waals surface area contributed by atoms with E-state index < -0.39 is 10.2 Å². The Bertz CT molecular complexity index is 1800. The Labute approximate surface area is 231 Å². The van der Waals surface area contributed by atoms with Gasteiger partial charge in [-0.25, -0.2) is 18.9 Å². The fraction of sp³-hybridized carbons (Fsp3) is 0.269. The summed E-state index contributed by atoms with van der Waals surface area (Å²) in [6, 6.07) is 7.25. The maximum atomic E-state index is 13.0. The zero-order valence-corrected chi connectivity index (χ0v) is 23.8. The van der Waals surface area contributed by atoms with E-state index in [2.05, 4.69) is 15.1 Å². The molecule has 5 aromatic rings. The second-order valence-electron chi connectivity index (χ2n) is 9.16. The quantitative estimate of drug-likeness (QED) is 0.264. The van der Waals surface area contributed by atoms with Crippen molar-refractivity contribution in [2.45, 2.75) is 13.5 Å². The minimum Gasteiger partial charge on any atom is -0.497 e. The Morgan fingerprint density at radius 2 is 1.82 bits per heavy atom. The molecular weight excluding hydrogens is 534 g/mol. The number of aryl methyl sites for hydroxylation is 1. The van der Waals surface area contributed by atoms with Crippen molar-refractivity contribution in [2.24, 2.45) is 7.05 Å². The molecule has 5 rings (SSSR count). The summed E-state index contributed by atoms with van der Waals surface area (Å²) in [5.74, 6) is 1.95. The van der Waals surface area contributed by atoms with E-state index in [9.17, 15) is 8.42 Å². The molecule has 0 spiro atoms. The number of imidazole rings is 1. The molecule has 0 radical (unpaired) electrons. The van der Waals surface area contributed by atoms with Crippen LogP contribution in [0.15, 0.2) is 55.2 Å². The first-order chi connectivity index (χ1) is 19.1. The van der Waals surface area contributed by atoms with Gasteiger partial charge in [0.05, 0.1) is 44.5 Å². The molecule has 0 fully saturated rings. The van der Waals surface area contributed by atoms with Gasteiger partial charge in [0, 0.05) is 63.0 Å². The lowest BCUT2D eigenvalue weighted by Gasteiger charge is -2.27. The molecule has 13 nitrogen and oxygen atoms in total. The summed E-state index contributed by atoms with van der Waals surface area (Å²) in [6.45, 7) is 1.97. The first-order valence-corrected chi connectivity index (χ1v) is 13.6. The number of methoxy groups -OCH3 is 2. The van der Waals surface area contributed by atoms with Crippen LogP contribution in [0.5, 0.6) is 11.5 Å². The number of ether oxygens (including phenoxy) is 2. The van der Waals surface area contributed by atoms with Gasteiger partial charge in [-0.3, -0.25) is 9.67 Å². The van der Waals surface area contributed by atoms with Gasteiger partial charge in [0.2, 0.25) is 0 Å². The van der Waals surface area contributed by atoms with E-state index in [0.29, 0.717) is 39.9 Å². The van der Waals surface area contributed by atoms with E-state index >= 15 is 0 Å². The van der Waals surface area contributed by atoms with Crippen LogP contribution in [0.4, 0.5) is 11.5 Å². The number of hydrogen-bond acceptors (Lipinski definition) is 10. The molecule has 0 amide bonds. The average molecular weight is 564 g/mol. The van der Waals surface area contributed by atoms with Crippen molar-refractivity contribution in [1.29, 1.82) is 0 Å². The maximum Gasteiger partial charge on any atom is 0.308 e. The topological polar surface area (TPSA) is 133 Å². The van der Waals surface area contributed by atoms with Crippen molar-refractivity contribution < 1.29 is 17.9 Å². The van der Waals surface area contributed by atoms with E-state index in [0.717, 1.165) is 19.4 Å². The molecule has 14 heteroatoms. The van der Waals surface area contributed by atoms with Crippen LogP contribution in [0.3, 0.4) is 0 Å². The van der Waals surface area contributed by atoms with Crippen LogP contribution in [0.25, 0.3) is 22.4 Å². The first-order valence-electron chi connectivity index (χ1n) is 12.2. The van der Waals surface area contributed by atoms with Crippen molar-refractivity contribution in [3.05, 3.63) is 66.6 Å². The van der Waals surface area contributed by atoms with E-state index in [4.69, 9.17) is 19.4 Å². The smallest absolute Gasteiger partial charge is 0.308 e. The minimum atomic E-state index is -3.82. The predicted octanol–water partition coefficient (Wildman–Crippen LogP) is 2.94. The van der Waals surface area contributed by atoms with Crippen molar-refractivity contribution in [3.8, 4) is 22.8 Å². The van der Waals surface area contributed by atoms with Gasteiger partial charge in [0.1, 0.15) is 28.7 Å². The highest BCUT2D eigenvalue weighted by Gasteiger charge is 2.25. The monoisotopic (exact) mass is 563 g/mol. The van der Waals surface area contributed by atoms with Crippen LogP contribution in [-0.2, 0) is 23.8 Å². The molecule has 0 atom stereocenters. The summed E-state index contributed by atoms with van der Waals surface area (Å²) >= 11 is 0. The van der Waals surface area contributed by atoms with Gasteiger partial charge in [0.25, 0.3) is 0 Å². The van der Waals surface area contributed by atoms with Crippen LogP contribution in [0.2, 0.25) is 0 Å². The van der Waals surface area contributed by atoms with Crippen LogP contribution < -0.4 is 14.4 Å². The van der Waals surface area contributed by atoms with E-state index in [1.165, 1.54) is 26.5 Å². The Morgan fingerprint density at radius 3 is 2.50 bits per heavy atom. The highest BCUT2D eigenvalue weighted by atomic mass is 32.2. The van der Waals surface area contributed by atoms with Gasteiger partial charge < -0.3 is 14.4 Å². The molecule has 0 saturated carbocycles. The summed E-state index contributed by atoms with van der Waals surface area (Å²) in [4.78, 5) is 20.3. The van der Waals surface area contributed by atoms with Crippen LogP contribution in [0.1, 0.15) is 11.4 Å². The van der Waals surface area contributed by atoms with Gasteiger partial charge in [-0.15, -0.1) is 0 Å². The number of nitrogens with zero attached hydrogens (tertiary/aromatic N) is 9. The fourth-order valence-corrected chi connectivity index (χ4v) is 5.17. The number of aromatic nitrogens is 7. The average Bonchev–Trinajstić information content (AvgIpc) is 3.60. The summed E-state index contributed by atoms with van der Waals surface area (Å²) in [5.41, 5.74) is 3.95. The summed E-state index contributed by atoms with van der Waals surface area (Å²) in [5, 5.41) is 4.22. The van der Waals surface area contributed by atoms with E-state index in [1.54, 1.807) is 43.4 Å². The molecule has 40 heavy (non-hydrogen) atoms. The van der Waals surface area contributed by atoms with Crippen LogP contribution in [0, 0.1) is 6.92 Å². The SMILES string of the molecule is COc1cc(OC)c(C)c(N(Cc2nccn2S(=O)(=O)N(C)C)c2ccc3ncc(-c4cnn(C)c4)nc3n2)c1. The molecule has 4 heterocycles. The largest absolute Gasteiger partial charge is 0.497 e. The van der Waals surface area contributed by atoms with E-state index in [-0.39, 0.29) is 12.4 Å². The number of anilines is 2. The Morgan fingerprint density at radius 1 is 1.02 bits per heavy atom. The molecule has 0 N–H and O–H groups in total. The molecule has 0 aliphatic carbocycles. The van der Waals surface area contributed by atoms with Crippen molar-refractivity contribution in [3.63, 3.8) is 0 Å². The number of hydrogen-bond donors (Lipinski definition) is 0. The third kappa shape index (κ3) is 4.94. The molecule has 0 bridgehead atoms. The number of fused-ring (bicyclic) bond motifs is 1. The van der Waals surface area contributed by atoms with Crippen LogP contribution in [-0.4, -0.2) is 74.7 Å². The summed E-state index contributed by atoms with van der Waals surface area (Å²) < 4.78 is 41.2. The lowest BCUT2D eigenvalue weighted by molar-refractivity contribution is 0.392. The number of pyridine rings is 1. The minimum absolute atomic E-state index is 0.0610. The molecule has 208 valence electrons. The van der Waals surface area contributed by atoms with Crippen molar-refractivity contribution >= 4 is 32.9 Å². The highest BCUT2D eigenvalue weighted by Crippen LogP contribution is 2.38. The first kappa shape index (κ1) is 27.0. The lowest BCUT2D eigenvalue weighted by Crippen LogP contribution is -2.31. The maximum absolute atomic E-state index is 13.0. The summed E-state index contributed by atoms with van der Waals surface area (Å²) in [6.07, 6.45) is 8.11. The predicted molar refractivity (Wildman–Crippen MR) is 150 cm³/mol. The van der Waals surface area contributed by atoms with Crippen molar-refractivity contribution in [1.82, 2.24) is 38.0 Å². The molecule has 1 aromatic carbocycles. The molecule has 0 saturated heterocycles. The third-order valence-corrected chi connectivity index (χ3v) is 8.16. The lowest BCUT2D eigenvalue weighted by atomic mass is 10.1. The zero-order valence-electron chi connectivity index (χ0n) is 23.0. The van der Waals surface area contributed by atoms with Gasteiger partial charge in [-0.2, -0.15) is 17.8 Å². The zero-order chi connectivity index (χ0) is 28.6. The molecule has 0 aliphatic rings. The normalized spacial score (nSPS) is 11.8. The van der Waals surface area contributed by atoms with Gasteiger partial charge in [-0.05, 0) is 19.1 Å². The van der Waals surface area contributed by atoms with Crippen LogP contribution >= 0.6 is 0 Å². The van der Waals surface area contributed by atoms with Crippen molar-refractivity contribution in [2.75, 3.05) is 33.2 Å². The molecule has 4 aromatic heterocycles. The second kappa shape index (κ2) is 10.5. The fourth-order valence-electron chi connectivity index (χ4n) is 4.24. The highest BCUT2D eigenvalue weighted by molar-refractivity contribution is 7.87. The second-order valence-corrected chi connectivity index (χ2v) is 11.2. The number of rotatable bonds is 9.